The van der Waals surface area contributed by atoms with Gasteiger partial charge in [0.2, 0.25) is 0 Å². The first-order valence-corrected chi connectivity index (χ1v) is 4.98. The highest BCUT2D eigenvalue weighted by Gasteiger charge is 2.19. The summed E-state index contributed by atoms with van der Waals surface area (Å²) in [6, 6.07) is 5.49. The van der Waals surface area contributed by atoms with Crippen LogP contribution in [0.15, 0.2) is 24.4 Å². The van der Waals surface area contributed by atoms with Crippen molar-refractivity contribution in [1.82, 2.24) is 9.88 Å². The van der Waals surface area contributed by atoms with E-state index >= 15 is 0 Å². The number of anilines is 1. The first-order chi connectivity index (χ1) is 7.27. The van der Waals surface area contributed by atoms with E-state index in [1.165, 1.54) is 0 Å². The zero-order valence-electron chi connectivity index (χ0n) is 8.47. The summed E-state index contributed by atoms with van der Waals surface area (Å²) in [7, 11) is 0. The maximum atomic E-state index is 10.9. The van der Waals surface area contributed by atoms with E-state index in [-0.39, 0.29) is 6.03 Å². The summed E-state index contributed by atoms with van der Waals surface area (Å²) in [5.41, 5.74) is 5.20. The van der Waals surface area contributed by atoms with Crippen molar-refractivity contribution in [2.45, 2.75) is 0 Å². The molecule has 0 spiro atoms. The second-order valence-electron chi connectivity index (χ2n) is 3.50. The van der Waals surface area contributed by atoms with Crippen LogP contribution in [0.1, 0.15) is 0 Å². The van der Waals surface area contributed by atoms with Gasteiger partial charge in [-0.15, -0.1) is 0 Å². The number of piperazine rings is 1. The fourth-order valence-electron chi connectivity index (χ4n) is 1.70. The SMILES string of the molecule is NC(=O)N1CCN(c2ccccn2)CC1. The highest BCUT2D eigenvalue weighted by atomic mass is 16.2. The molecule has 2 rings (SSSR count). The van der Waals surface area contributed by atoms with Crippen LogP contribution in [0.4, 0.5) is 10.6 Å². The predicted octanol–water partition coefficient (Wildman–Crippen LogP) is 0.282. The molecule has 1 fully saturated rings. The fraction of sp³-hybridized carbons (Fsp3) is 0.400. The third-order valence-electron chi connectivity index (χ3n) is 2.56. The number of aromatic nitrogens is 1. The van der Waals surface area contributed by atoms with Gasteiger partial charge in [0, 0.05) is 32.4 Å². The van der Waals surface area contributed by atoms with E-state index in [1.807, 2.05) is 18.2 Å². The van der Waals surface area contributed by atoms with Crippen LogP contribution in [-0.4, -0.2) is 42.1 Å². The molecule has 0 saturated carbocycles. The average Bonchev–Trinajstić information content (AvgIpc) is 2.30. The Morgan fingerprint density at radius 1 is 1.27 bits per heavy atom. The molecular weight excluding hydrogens is 192 g/mol. The molecule has 1 saturated heterocycles. The molecule has 0 unspecified atom stereocenters. The number of carbonyl (C=O) groups is 1. The Hall–Kier alpha value is -1.78. The largest absolute Gasteiger partial charge is 0.353 e. The van der Waals surface area contributed by atoms with Gasteiger partial charge in [0.15, 0.2) is 0 Å². The molecule has 2 amide bonds. The summed E-state index contributed by atoms with van der Waals surface area (Å²) in [6.45, 7) is 2.93. The van der Waals surface area contributed by atoms with E-state index in [0.717, 1.165) is 18.9 Å². The maximum Gasteiger partial charge on any atom is 0.314 e. The predicted molar refractivity (Wildman–Crippen MR) is 57.6 cm³/mol. The Morgan fingerprint density at radius 3 is 2.53 bits per heavy atom. The van der Waals surface area contributed by atoms with Crippen molar-refractivity contribution in [3.8, 4) is 0 Å². The van der Waals surface area contributed by atoms with E-state index in [1.54, 1.807) is 11.1 Å². The lowest BCUT2D eigenvalue weighted by Crippen LogP contribution is -2.50. The normalized spacial score (nSPS) is 16.5. The second-order valence-corrected chi connectivity index (χ2v) is 3.50. The van der Waals surface area contributed by atoms with E-state index in [0.29, 0.717) is 13.1 Å². The molecule has 1 aromatic heterocycles. The lowest BCUT2D eigenvalue weighted by atomic mass is 10.3. The number of pyridine rings is 1. The average molecular weight is 206 g/mol. The zero-order chi connectivity index (χ0) is 10.7. The molecule has 2 heterocycles. The van der Waals surface area contributed by atoms with Crippen LogP contribution >= 0.6 is 0 Å². The molecule has 0 radical (unpaired) electrons. The summed E-state index contributed by atoms with van der Waals surface area (Å²) in [6.07, 6.45) is 1.77. The molecule has 80 valence electrons. The number of primary amides is 1. The molecule has 2 N–H and O–H groups in total. The van der Waals surface area contributed by atoms with Gasteiger partial charge in [0.1, 0.15) is 5.82 Å². The van der Waals surface area contributed by atoms with Gasteiger partial charge in [-0.3, -0.25) is 0 Å². The van der Waals surface area contributed by atoms with Crippen molar-refractivity contribution in [2.75, 3.05) is 31.1 Å². The van der Waals surface area contributed by atoms with Gasteiger partial charge in [-0.1, -0.05) is 6.07 Å². The van der Waals surface area contributed by atoms with Crippen LogP contribution < -0.4 is 10.6 Å². The second kappa shape index (κ2) is 4.16. The monoisotopic (exact) mass is 206 g/mol. The number of amides is 2. The number of urea groups is 1. The van der Waals surface area contributed by atoms with Crippen LogP contribution in [0.2, 0.25) is 0 Å². The van der Waals surface area contributed by atoms with Crippen LogP contribution in [0, 0.1) is 0 Å². The Balaban J connectivity index is 1.97. The first-order valence-electron chi connectivity index (χ1n) is 4.98. The summed E-state index contributed by atoms with van der Waals surface area (Å²) < 4.78 is 0. The molecule has 0 atom stereocenters. The smallest absolute Gasteiger partial charge is 0.314 e. The number of hydrogen-bond acceptors (Lipinski definition) is 3. The van der Waals surface area contributed by atoms with Crippen molar-refractivity contribution >= 4 is 11.8 Å². The highest BCUT2D eigenvalue weighted by Crippen LogP contribution is 2.11. The molecule has 0 aliphatic carbocycles. The molecular formula is C10H14N4O. The maximum absolute atomic E-state index is 10.9. The molecule has 0 bridgehead atoms. The summed E-state index contributed by atoms with van der Waals surface area (Å²) in [5.74, 6) is 0.960. The van der Waals surface area contributed by atoms with Crippen LogP contribution in [-0.2, 0) is 0 Å². The lowest BCUT2D eigenvalue weighted by Gasteiger charge is -2.34. The zero-order valence-corrected chi connectivity index (χ0v) is 8.47. The molecule has 0 aromatic carbocycles. The van der Waals surface area contributed by atoms with Crippen molar-refractivity contribution in [2.24, 2.45) is 5.73 Å². The fourth-order valence-corrected chi connectivity index (χ4v) is 1.70. The summed E-state index contributed by atoms with van der Waals surface area (Å²) in [4.78, 5) is 19.0. The molecule has 5 nitrogen and oxygen atoms in total. The minimum atomic E-state index is -0.337. The van der Waals surface area contributed by atoms with Crippen molar-refractivity contribution in [1.29, 1.82) is 0 Å². The van der Waals surface area contributed by atoms with Gasteiger partial charge in [-0.2, -0.15) is 0 Å². The van der Waals surface area contributed by atoms with Gasteiger partial charge in [-0.25, -0.2) is 9.78 Å². The van der Waals surface area contributed by atoms with Gasteiger partial charge in [0.05, 0.1) is 0 Å². The van der Waals surface area contributed by atoms with E-state index in [9.17, 15) is 4.79 Å². The minimum Gasteiger partial charge on any atom is -0.353 e. The Bertz CT molecular complexity index is 333. The molecule has 1 aliphatic rings. The van der Waals surface area contributed by atoms with E-state index in [2.05, 4.69) is 9.88 Å². The van der Waals surface area contributed by atoms with Crippen LogP contribution in [0.3, 0.4) is 0 Å². The minimum absolute atomic E-state index is 0.337. The third-order valence-corrected chi connectivity index (χ3v) is 2.56. The van der Waals surface area contributed by atoms with Gasteiger partial charge in [-0.05, 0) is 12.1 Å². The van der Waals surface area contributed by atoms with E-state index in [4.69, 9.17) is 5.73 Å². The number of carbonyl (C=O) groups excluding carboxylic acids is 1. The standard InChI is InChI=1S/C10H14N4O/c11-10(15)14-7-5-13(6-8-14)9-3-1-2-4-12-9/h1-4H,5-8H2,(H2,11,15). The Kier molecular flexibility index (Phi) is 2.71. The number of hydrogen-bond donors (Lipinski definition) is 1. The topological polar surface area (TPSA) is 62.5 Å². The summed E-state index contributed by atoms with van der Waals surface area (Å²) >= 11 is 0. The highest BCUT2D eigenvalue weighted by molar-refractivity contribution is 5.72. The van der Waals surface area contributed by atoms with Crippen LogP contribution in [0.25, 0.3) is 0 Å². The summed E-state index contributed by atoms with van der Waals surface area (Å²) in [5, 5.41) is 0. The van der Waals surface area contributed by atoms with Crippen molar-refractivity contribution in [3.63, 3.8) is 0 Å². The molecule has 15 heavy (non-hydrogen) atoms. The van der Waals surface area contributed by atoms with Gasteiger partial charge < -0.3 is 15.5 Å². The van der Waals surface area contributed by atoms with Crippen molar-refractivity contribution < 1.29 is 4.79 Å². The van der Waals surface area contributed by atoms with Crippen molar-refractivity contribution in [3.05, 3.63) is 24.4 Å². The van der Waals surface area contributed by atoms with E-state index < -0.39 is 0 Å². The first kappa shape index (κ1) is 9.76. The molecule has 5 heteroatoms. The quantitative estimate of drug-likeness (QED) is 0.718. The number of rotatable bonds is 1. The van der Waals surface area contributed by atoms with Crippen LogP contribution in [0.5, 0.6) is 0 Å². The Labute approximate surface area is 88.5 Å². The number of nitrogens with zero attached hydrogens (tertiary/aromatic N) is 3. The lowest BCUT2D eigenvalue weighted by molar-refractivity contribution is 0.204. The van der Waals surface area contributed by atoms with Gasteiger partial charge in [0.25, 0.3) is 0 Å². The molecule has 1 aliphatic heterocycles. The Morgan fingerprint density at radius 2 is 2.00 bits per heavy atom. The third kappa shape index (κ3) is 2.18. The number of nitrogens with two attached hydrogens (primary N) is 1. The molecule has 1 aromatic rings. The van der Waals surface area contributed by atoms with Gasteiger partial charge >= 0.3 is 6.03 Å².